The van der Waals surface area contributed by atoms with Crippen molar-refractivity contribution in [2.75, 3.05) is 30.3 Å². The highest BCUT2D eigenvalue weighted by atomic mass is 16.5. The van der Waals surface area contributed by atoms with Crippen LogP contribution in [0.25, 0.3) is 0 Å². The van der Waals surface area contributed by atoms with Gasteiger partial charge in [-0.05, 0) is 25.1 Å². The van der Waals surface area contributed by atoms with Gasteiger partial charge in [-0.3, -0.25) is 0 Å². The van der Waals surface area contributed by atoms with Gasteiger partial charge in [0.05, 0.1) is 24.4 Å². The molecular weight excluding hydrogens is 248 g/mol. The number of aliphatic hydroxyl groups is 1. The van der Waals surface area contributed by atoms with E-state index in [1.165, 1.54) is 0 Å². The number of anilines is 2. The van der Waals surface area contributed by atoms with Crippen molar-refractivity contribution in [2.45, 2.75) is 19.1 Å². The Morgan fingerprint density at radius 2 is 2.26 bits per heavy atom. The molecule has 2 unspecified atom stereocenters. The third-order valence-corrected chi connectivity index (χ3v) is 3.16. The van der Waals surface area contributed by atoms with Gasteiger partial charge in [0.15, 0.2) is 0 Å². The number of aliphatic hydroxyl groups excluding tert-OH is 1. The molecule has 6 heteroatoms. The first-order chi connectivity index (χ1) is 9.01. The Morgan fingerprint density at radius 3 is 2.89 bits per heavy atom. The number of nitrogens with zero attached hydrogens (tertiary/aromatic N) is 1. The summed E-state index contributed by atoms with van der Waals surface area (Å²) in [6.07, 6.45) is -0.272. The predicted octanol–water partition coefficient (Wildman–Crippen LogP) is 0.553. The molecule has 1 saturated heterocycles. The number of benzene rings is 1. The van der Waals surface area contributed by atoms with Crippen molar-refractivity contribution in [3.8, 4) is 0 Å². The quantitative estimate of drug-likeness (QED) is 0.692. The highest BCUT2D eigenvalue weighted by Crippen LogP contribution is 2.24. The van der Waals surface area contributed by atoms with E-state index >= 15 is 0 Å². The van der Waals surface area contributed by atoms with Gasteiger partial charge in [-0.1, -0.05) is 0 Å². The Balaban J connectivity index is 2.26. The molecule has 0 bridgehead atoms. The number of hydrogen-bond acceptors (Lipinski definition) is 5. The molecule has 0 aliphatic carbocycles. The fourth-order valence-electron chi connectivity index (χ4n) is 2.28. The SMILES string of the molecule is CC1CN(c2ccc(N)c(C(=O)O)c2)CC(CO)O1. The Labute approximate surface area is 111 Å². The lowest BCUT2D eigenvalue weighted by molar-refractivity contribution is -0.0421. The molecule has 0 aromatic heterocycles. The minimum atomic E-state index is -1.04. The summed E-state index contributed by atoms with van der Waals surface area (Å²) >= 11 is 0. The molecule has 1 aromatic carbocycles. The van der Waals surface area contributed by atoms with Crippen LogP contribution in [0.2, 0.25) is 0 Å². The number of carboxylic acid groups (broad SMARTS) is 1. The summed E-state index contributed by atoms with van der Waals surface area (Å²) in [5.74, 6) is -1.04. The zero-order chi connectivity index (χ0) is 14.0. The van der Waals surface area contributed by atoms with Crippen LogP contribution in [-0.4, -0.2) is 48.1 Å². The lowest BCUT2D eigenvalue weighted by Crippen LogP contribution is -2.48. The van der Waals surface area contributed by atoms with Gasteiger partial charge < -0.3 is 25.6 Å². The lowest BCUT2D eigenvalue weighted by atomic mass is 10.1. The third kappa shape index (κ3) is 2.97. The van der Waals surface area contributed by atoms with Gasteiger partial charge >= 0.3 is 5.97 Å². The summed E-state index contributed by atoms with van der Waals surface area (Å²) < 4.78 is 5.56. The van der Waals surface area contributed by atoms with Crippen LogP contribution in [0.1, 0.15) is 17.3 Å². The van der Waals surface area contributed by atoms with Gasteiger partial charge in [0.1, 0.15) is 0 Å². The molecule has 0 spiro atoms. The average molecular weight is 266 g/mol. The minimum absolute atomic E-state index is 0.0169. The molecule has 0 amide bonds. The second-order valence-corrected chi connectivity index (χ2v) is 4.73. The standard InChI is InChI=1S/C13H18N2O4/c1-8-5-15(6-10(7-16)19-8)9-2-3-12(14)11(4-9)13(17)18/h2-4,8,10,16H,5-7,14H2,1H3,(H,17,18). The van der Waals surface area contributed by atoms with Crippen LogP contribution in [0.4, 0.5) is 11.4 Å². The molecule has 0 saturated carbocycles. The molecule has 0 radical (unpaired) electrons. The molecule has 1 fully saturated rings. The van der Waals surface area contributed by atoms with Gasteiger partial charge in [0.2, 0.25) is 0 Å². The van der Waals surface area contributed by atoms with Crippen LogP contribution < -0.4 is 10.6 Å². The van der Waals surface area contributed by atoms with Crippen molar-refractivity contribution in [3.63, 3.8) is 0 Å². The van der Waals surface area contributed by atoms with Crippen molar-refractivity contribution in [1.82, 2.24) is 0 Å². The van der Waals surface area contributed by atoms with Crippen LogP contribution >= 0.6 is 0 Å². The van der Waals surface area contributed by atoms with Crippen molar-refractivity contribution in [3.05, 3.63) is 23.8 Å². The minimum Gasteiger partial charge on any atom is -0.478 e. The number of carbonyl (C=O) groups is 1. The number of carboxylic acids is 1. The molecule has 1 aliphatic rings. The van der Waals surface area contributed by atoms with E-state index < -0.39 is 5.97 Å². The van der Waals surface area contributed by atoms with E-state index in [0.717, 1.165) is 5.69 Å². The van der Waals surface area contributed by atoms with E-state index in [4.69, 9.17) is 15.6 Å². The van der Waals surface area contributed by atoms with E-state index in [2.05, 4.69) is 0 Å². The van der Waals surface area contributed by atoms with E-state index in [9.17, 15) is 9.90 Å². The highest BCUT2D eigenvalue weighted by molar-refractivity contribution is 5.94. The number of aromatic carboxylic acids is 1. The van der Waals surface area contributed by atoms with Gasteiger partial charge in [0, 0.05) is 24.5 Å². The number of nitrogen functional groups attached to an aromatic ring is 1. The van der Waals surface area contributed by atoms with Gasteiger partial charge in [0.25, 0.3) is 0 Å². The largest absolute Gasteiger partial charge is 0.478 e. The molecule has 1 aromatic rings. The summed E-state index contributed by atoms with van der Waals surface area (Å²) in [6, 6.07) is 4.94. The molecule has 6 nitrogen and oxygen atoms in total. The zero-order valence-corrected chi connectivity index (χ0v) is 10.7. The Kier molecular flexibility index (Phi) is 3.92. The monoisotopic (exact) mass is 266 g/mol. The van der Waals surface area contributed by atoms with Crippen molar-refractivity contribution < 1.29 is 19.7 Å². The van der Waals surface area contributed by atoms with E-state index in [1.807, 2.05) is 11.8 Å². The molecule has 1 aliphatic heterocycles. The van der Waals surface area contributed by atoms with E-state index in [1.54, 1.807) is 18.2 Å². The molecule has 19 heavy (non-hydrogen) atoms. The van der Waals surface area contributed by atoms with Crippen molar-refractivity contribution >= 4 is 17.3 Å². The average Bonchev–Trinajstić information content (AvgIpc) is 2.38. The maximum Gasteiger partial charge on any atom is 0.337 e. The number of nitrogens with two attached hydrogens (primary N) is 1. The first kappa shape index (κ1) is 13.6. The second kappa shape index (κ2) is 5.46. The zero-order valence-electron chi connectivity index (χ0n) is 10.7. The van der Waals surface area contributed by atoms with E-state index in [-0.39, 0.29) is 30.1 Å². The summed E-state index contributed by atoms with van der Waals surface area (Å²) in [5.41, 5.74) is 6.76. The topological polar surface area (TPSA) is 96.0 Å². The van der Waals surface area contributed by atoms with E-state index in [0.29, 0.717) is 13.1 Å². The maximum atomic E-state index is 11.1. The third-order valence-electron chi connectivity index (χ3n) is 3.16. The molecule has 2 atom stereocenters. The molecule has 4 N–H and O–H groups in total. The fourth-order valence-corrected chi connectivity index (χ4v) is 2.28. The maximum absolute atomic E-state index is 11.1. The summed E-state index contributed by atoms with van der Waals surface area (Å²) in [6.45, 7) is 3.05. The Hall–Kier alpha value is -1.79. The van der Waals surface area contributed by atoms with Crippen LogP contribution in [0.3, 0.4) is 0 Å². The van der Waals surface area contributed by atoms with Gasteiger partial charge in [-0.25, -0.2) is 4.79 Å². The molecular formula is C13H18N2O4. The van der Waals surface area contributed by atoms with Crippen LogP contribution in [-0.2, 0) is 4.74 Å². The summed E-state index contributed by atoms with van der Waals surface area (Å²) in [7, 11) is 0. The van der Waals surface area contributed by atoms with Crippen LogP contribution in [0.15, 0.2) is 18.2 Å². The fraction of sp³-hybridized carbons (Fsp3) is 0.462. The highest BCUT2D eigenvalue weighted by Gasteiger charge is 2.25. The predicted molar refractivity (Wildman–Crippen MR) is 71.4 cm³/mol. The number of rotatable bonds is 3. The molecule has 2 rings (SSSR count). The number of hydrogen-bond donors (Lipinski definition) is 3. The number of morpholine rings is 1. The lowest BCUT2D eigenvalue weighted by Gasteiger charge is -2.37. The summed E-state index contributed by atoms with van der Waals surface area (Å²) in [4.78, 5) is 13.1. The van der Waals surface area contributed by atoms with Crippen LogP contribution in [0.5, 0.6) is 0 Å². The first-order valence-electron chi connectivity index (χ1n) is 6.15. The van der Waals surface area contributed by atoms with Gasteiger partial charge in [-0.15, -0.1) is 0 Å². The Bertz CT molecular complexity index is 478. The Morgan fingerprint density at radius 1 is 1.53 bits per heavy atom. The van der Waals surface area contributed by atoms with Gasteiger partial charge in [-0.2, -0.15) is 0 Å². The number of ether oxygens (including phenoxy) is 1. The van der Waals surface area contributed by atoms with Crippen molar-refractivity contribution in [1.29, 1.82) is 0 Å². The second-order valence-electron chi connectivity index (χ2n) is 4.73. The summed E-state index contributed by atoms with van der Waals surface area (Å²) in [5, 5.41) is 18.3. The normalized spacial score (nSPS) is 23.4. The first-order valence-corrected chi connectivity index (χ1v) is 6.15. The van der Waals surface area contributed by atoms with Crippen LogP contribution in [0, 0.1) is 0 Å². The molecule has 1 heterocycles. The molecule has 104 valence electrons. The van der Waals surface area contributed by atoms with Crippen molar-refractivity contribution in [2.24, 2.45) is 0 Å². The smallest absolute Gasteiger partial charge is 0.337 e.